The van der Waals surface area contributed by atoms with Crippen molar-refractivity contribution < 1.29 is 19.2 Å². The number of amides is 2. The SMILES string of the molecule is CNC(=O)C1(O)Cc2conc2-c2c3c(nn2C1)CCN(C(=O)c1ccc(Cl)c(Cl)c1)C3. The molecule has 1 atom stereocenters. The van der Waals surface area contributed by atoms with E-state index in [1.54, 1.807) is 27.8 Å². The van der Waals surface area contributed by atoms with Gasteiger partial charge in [0.25, 0.3) is 11.8 Å². The van der Waals surface area contributed by atoms with Crippen LogP contribution in [0.5, 0.6) is 0 Å². The third kappa shape index (κ3) is 3.28. The number of nitrogens with one attached hydrogen (secondary N) is 1. The number of hydrogen-bond donors (Lipinski definition) is 2. The van der Waals surface area contributed by atoms with Crippen LogP contribution in [0.15, 0.2) is 29.0 Å². The standard InChI is InChI=1S/C21H19Cl2N5O4/c1-24-20(30)21(31)7-12-9-32-26-17(12)18-13-8-27(5-4-16(13)25-28(18)10-21)19(29)11-2-3-14(22)15(23)6-11/h2-3,6,9,31H,4-5,7-8,10H2,1H3,(H,24,30). The number of rotatable bonds is 2. The summed E-state index contributed by atoms with van der Waals surface area (Å²) < 4.78 is 6.77. The fourth-order valence-electron chi connectivity index (χ4n) is 4.37. The Morgan fingerprint density at radius 3 is 2.84 bits per heavy atom. The maximum absolute atomic E-state index is 13.1. The molecule has 0 saturated heterocycles. The van der Waals surface area contributed by atoms with Crippen LogP contribution in [-0.4, -0.2) is 56.0 Å². The van der Waals surface area contributed by atoms with Crippen LogP contribution in [0.3, 0.4) is 0 Å². The number of carbonyl (C=O) groups excluding carboxylic acids is 2. The average molecular weight is 476 g/mol. The van der Waals surface area contributed by atoms with Gasteiger partial charge in [-0.3, -0.25) is 14.3 Å². The van der Waals surface area contributed by atoms with Crippen LogP contribution < -0.4 is 5.32 Å². The molecule has 2 aliphatic rings. The number of fused-ring (bicyclic) bond motifs is 5. The highest BCUT2D eigenvalue weighted by atomic mass is 35.5. The molecule has 0 radical (unpaired) electrons. The van der Waals surface area contributed by atoms with Crippen molar-refractivity contribution in [2.45, 2.75) is 31.5 Å². The van der Waals surface area contributed by atoms with Crippen molar-refractivity contribution in [1.29, 1.82) is 0 Å². The first-order valence-corrected chi connectivity index (χ1v) is 10.8. The van der Waals surface area contributed by atoms with Crippen LogP contribution in [0, 0.1) is 0 Å². The molecular formula is C21H19Cl2N5O4. The maximum atomic E-state index is 13.1. The van der Waals surface area contributed by atoms with Gasteiger partial charge in [-0.05, 0) is 18.2 Å². The van der Waals surface area contributed by atoms with Gasteiger partial charge in [-0.25, -0.2) is 0 Å². The van der Waals surface area contributed by atoms with E-state index in [4.69, 9.17) is 27.7 Å². The summed E-state index contributed by atoms with van der Waals surface area (Å²) in [7, 11) is 1.47. The molecule has 2 aromatic heterocycles. The van der Waals surface area contributed by atoms with Crippen molar-refractivity contribution in [2.24, 2.45) is 0 Å². The summed E-state index contributed by atoms with van der Waals surface area (Å²) in [4.78, 5) is 27.3. The number of carbonyl (C=O) groups is 2. The van der Waals surface area contributed by atoms with Crippen LogP contribution in [0.2, 0.25) is 10.0 Å². The first-order chi connectivity index (χ1) is 15.3. The van der Waals surface area contributed by atoms with Gasteiger partial charge in [0.15, 0.2) is 5.60 Å². The summed E-state index contributed by atoms with van der Waals surface area (Å²) in [6.45, 7) is 0.731. The summed E-state index contributed by atoms with van der Waals surface area (Å²) >= 11 is 12.1. The molecule has 3 aromatic rings. The van der Waals surface area contributed by atoms with Crippen LogP contribution >= 0.6 is 23.2 Å². The van der Waals surface area contributed by atoms with Crippen LogP contribution in [-0.2, 0) is 30.7 Å². The van der Waals surface area contributed by atoms with Gasteiger partial charge in [0.2, 0.25) is 0 Å². The molecule has 9 nitrogen and oxygen atoms in total. The Morgan fingerprint density at radius 2 is 2.09 bits per heavy atom. The highest BCUT2D eigenvalue weighted by Crippen LogP contribution is 2.37. The molecule has 0 fully saturated rings. The van der Waals surface area contributed by atoms with Crippen molar-refractivity contribution in [1.82, 2.24) is 25.2 Å². The van der Waals surface area contributed by atoms with E-state index < -0.39 is 11.5 Å². The van der Waals surface area contributed by atoms with Gasteiger partial charge in [0.05, 0.1) is 34.5 Å². The Labute approximate surface area is 192 Å². The molecule has 1 aromatic carbocycles. The minimum Gasteiger partial charge on any atom is -0.378 e. The van der Waals surface area contributed by atoms with Gasteiger partial charge < -0.3 is 19.8 Å². The minimum absolute atomic E-state index is 0.0356. The summed E-state index contributed by atoms with van der Waals surface area (Å²) in [5, 5.41) is 23.1. The Bertz CT molecular complexity index is 1250. The van der Waals surface area contributed by atoms with E-state index in [0.717, 1.165) is 11.3 Å². The largest absolute Gasteiger partial charge is 0.378 e. The topological polar surface area (TPSA) is 113 Å². The highest BCUT2D eigenvalue weighted by molar-refractivity contribution is 6.42. The molecule has 4 heterocycles. The lowest BCUT2D eigenvalue weighted by atomic mass is 9.94. The van der Waals surface area contributed by atoms with Crippen molar-refractivity contribution in [3.8, 4) is 11.4 Å². The zero-order valence-corrected chi connectivity index (χ0v) is 18.6. The van der Waals surface area contributed by atoms with Gasteiger partial charge in [0.1, 0.15) is 12.0 Å². The molecule has 166 valence electrons. The molecule has 2 N–H and O–H groups in total. The quantitative estimate of drug-likeness (QED) is 0.586. The zero-order valence-electron chi connectivity index (χ0n) is 17.1. The Balaban J connectivity index is 1.54. The average Bonchev–Trinajstić information content (AvgIpc) is 3.34. The Kier molecular flexibility index (Phi) is 4.99. The summed E-state index contributed by atoms with van der Waals surface area (Å²) in [6, 6.07) is 4.79. The van der Waals surface area contributed by atoms with Gasteiger partial charge in [-0.2, -0.15) is 5.10 Å². The van der Waals surface area contributed by atoms with Crippen molar-refractivity contribution >= 4 is 35.0 Å². The fraction of sp³-hybridized carbons (Fsp3) is 0.333. The molecule has 1 unspecified atom stereocenters. The normalized spacial score (nSPS) is 19.6. The second kappa shape index (κ2) is 7.61. The minimum atomic E-state index is -1.70. The van der Waals surface area contributed by atoms with Crippen LogP contribution in [0.1, 0.15) is 27.2 Å². The predicted molar refractivity (Wildman–Crippen MR) is 115 cm³/mol. The number of halogens is 2. The third-order valence-electron chi connectivity index (χ3n) is 5.97. The second-order valence-electron chi connectivity index (χ2n) is 8.01. The zero-order chi connectivity index (χ0) is 22.6. The molecule has 5 rings (SSSR count). The lowest BCUT2D eigenvalue weighted by molar-refractivity contribution is -0.140. The van der Waals surface area contributed by atoms with E-state index in [1.807, 2.05) is 0 Å². The van der Waals surface area contributed by atoms with Crippen molar-refractivity contribution in [3.63, 3.8) is 0 Å². The molecular weight excluding hydrogens is 457 g/mol. The summed E-state index contributed by atoms with van der Waals surface area (Å²) in [5.41, 5.74) is 2.12. The predicted octanol–water partition coefficient (Wildman–Crippen LogP) is 2.08. The number of likely N-dealkylation sites (N-methyl/N-ethyl adjacent to an activating group) is 1. The molecule has 0 bridgehead atoms. The highest BCUT2D eigenvalue weighted by Gasteiger charge is 2.43. The van der Waals surface area contributed by atoms with E-state index in [-0.39, 0.29) is 18.9 Å². The van der Waals surface area contributed by atoms with Gasteiger partial charge in [-0.15, -0.1) is 0 Å². The number of nitrogens with zero attached hydrogens (tertiary/aromatic N) is 4. The van der Waals surface area contributed by atoms with E-state index in [9.17, 15) is 14.7 Å². The third-order valence-corrected chi connectivity index (χ3v) is 6.71. The van der Waals surface area contributed by atoms with E-state index in [1.165, 1.54) is 13.3 Å². The Hall–Kier alpha value is -2.88. The molecule has 11 heteroatoms. The van der Waals surface area contributed by atoms with Gasteiger partial charge >= 0.3 is 0 Å². The van der Waals surface area contributed by atoms with E-state index >= 15 is 0 Å². The lowest BCUT2D eigenvalue weighted by Gasteiger charge is -2.27. The molecule has 2 aliphatic heterocycles. The summed E-state index contributed by atoms with van der Waals surface area (Å²) in [6.07, 6.45) is 1.99. The monoisotopic (exact) mass is 475 g/mol. The molecule has 0 aliphatic carbocycles. The summed E-state index contributed by atoms with van der Waals surface area (Å²) in [5.74, 6) is -0.688. The lowest BCUT2D eigenvalue weighted by Crippen LogP contribution is -2.50. The maximum Gasteiger partial charge on any atom is 0.254 e. The molecule has 0 spiro atoms. The van der Waals surface area contributed by atoms with E-state index in [2.05, 4.69) is 15.6 Å². The Morgan fingerprint density at radius 1 is 1.28 bits per heavy atom. The molecule has 2 amide bonds. The second-order valence-corrected chi connectivity index (χ2v) is 8.83. The van der Waals surface area contributed by atoms with E-state index in [0.29, 0.717) is 52.1 Å². The van der Waals surface area contributed by atoms with Gasteiger partial charge in [0, 0.05) is 43.1 Å². The van der Waals surface area contributed by atoms with Crippen molar-refractivity contribution in [3.05, 3.63) is 56.9 Å². The fourth-order valence-corrected chi connectivity index (χ4v) is 4.67. The number of aromatic nitrogens is 3. The molecule has 32 heavy (non-hydrogen) atoms. The molecule has 0 saturated carbocycles. The number of aliphatic hydroxyl groups is 1. The van der Waals surface area contributed by atoms with Gasteiger partial charge in [-0.1, -0.05) is 28.4 Å². The van der Waals surface area contributed by atoms with Crippen LogP contribution in [0.25, 0.3) is 11.4 Å². The van der Waals surface area contributed by atoms with Crippen molar-refractivity contribution in [2.75, 3.05) is 13.6 Å². The first-order valence-electron chi connectivity index (χ1n) is 10.0. The number of hydrogen-bond acceptors (Lipinski definition) is 6. The smallest absolute Gasteiger partial charge is 0.254 e. The van der Waals surface area contributed by atoms with Crippen LogP contribution in [0.4, 0.5) is 0 Å². The number of benzene rings is 1. The first kappa shape index (κ1) is 21.0.